The molecular formula is C11H12N2O2S. The lowest BCUT2D eigenvalue weighted by Gasteiger charge is -2.07. The second kappa shape index (κ2) is 4.74. The standard InChI is InChI=1S/C11H12N2O2S/c1-16(14)11-5-3-2-4-9(11)8-15-13-7-10(13)6-12/h2-5,10H,7-8H2,1H3. The van der Waals surface area contributed by atoms with Gasteiger partial charge in [-0.05, 0) is 11.6 Å². The first-order valence-electron chi connectivity index (χ1n) is 4.93. The van der Waals surface area contributed by atoms with Gasteiger partial charge in [0.05, 0.1) is 30.0 Å². The highest BCUT2D eigenvalue weighted by molar-refractivity contribution is 7.84. The summed E-state index contributed by atoms with van der Waals surface area (Å²) in [6.07, 6.45) is 1.65. The Morgan fingerprint density at radius 3 is 3.00 bits per heavy atom. The van der Waals surface area contributed by atoms with Gasteiger partial charge in [-0.15, -0.1) is 0 Å². The predicted molar refractivity (Wildman–Crippen MR) is 59.7 cm³/mol. The fourth-order valence-corrected chi connectivity index (χ4v) is 2.19. The average Bonchev–Trinajstić information content (AvgIpc) is 3.05. The lowest BCUT2D eigenvalue weighted by molar-refractivity contribution is -0.0834. The van der Waals surface area contributed by atoms with E-state index in [2.05, 4.69) is 6.07 Å². The lowest BCUT2D eigenvalue weighted by atomic mass is 10.2. The minimum absolute atomic E-state index is 0.112. The van der Waals surface area contributed by atoms with Gasteiger partial charge in [-0.2, -0.15) is 10.3 Å². The summed E-state index contributed by atoms with van der Waals surface area (Å²) in [5, 5.41) is 10.2. The van der Waals surface area contributed by atoms with E-state index in [9.17, 15) is 4.21 Å². The topological polar surface area (TPSA) is 53.1 Å². The average molecular weight is 236 g/mol. The van der Waals surface area contributed by atoms with E-state index in [-0.39, 0.29) is 6.04 Å². The number of nitriles is 1. The van der Waals surface area contributed by atoms with Crippen molar-refractivity contribution in [3.05, 3.63) is 29.8 Å². The minimum Gasteiger partial charge on any atom is -0.293 e. The van der Waals surface area contributed by atoms with Gasteiger partial charge < -0.3 is 0 Å². The van der Waals surface area contributed by atoms with E-state index < -0.39 is 10.8 Å². The van der Waals surface area contributed by atoms with E-state index >= 15 is 0 Å². The molecule has 1 aromatic carbocycles. The van der Waals surface area contributed by atoms with Crippen LogP contribution in [0.15, 0.2) is 29.2 Å². The Morgan fingerprint density at radius 2 is 2.38 bits per heavy atom. The second-order valence-corrected chi connectivity index (χ2v) is 4.93. The van der Waals surface area contributed by atoms with Crippen LogP contribution in [0.3, 0.4) is 0 Å². The van der Waals surface area contributed by atoms with Gasteiger partial charge >= 0.3 is 0 Å². The maximum absolute atomic E-state index is 11.4. The normalized spacial score (nSPS) is 24.8. The Hall–Kier alpha value is -1.22. The first kappa shape index (κ1) is 11.3. The second-order valence-electron chi connectivity index (χ2n) is 3.58. The summed E-state index contributed by atoms with van der Waals surface area (Å²) in [7, 11) is -1.01. The first-order valence-corrected chi connectivity index (χ1v) is 6.48. The molecule has 0 aliphatic carbocycles. The summed E-state index contributed by atoms with van der Waals surface area (Å²) in [4.78, 5) is 6.20. The van der Waals surface area contributed by atoms with Gasteiger partial charge in [-0.1, -0.05) is 18.2 Å². The number of hydrogen-bond acceptors (Lipinski definition) is 4. The third-order valence-corrected chi connectivity index (χ3v) is 3.40. The monoisotopic (exact) mass is 236 g/mol. The highest BCUT2D eigenvalue weighted by Crippen LogP contribution is 2.20. The van der Waals surface area contributed by atoms with Crippen molar-refractivity contribution in [1.82, 2.24) is 5.06 Å². The van der Waals surface area contributed by atoms with Crippen LogP contribution < -0.4 is 0 Å². The van der Waals surface area contributed by atoms with Crippen LogP contribution in [-0.4, -0.2) is 28.1 Å². The molecule has 3 unspecified atom stereocenters. The summed E-state index contributed by atoms with van der Waals surface area (Å²) >= 11 is 0. The van der Waals surface area contributed by atoms with Crippen molar-refractivity contribution >= 4 is 10.8 Å². The zero-order valence-electron chi connectivity index (χ0n) is 8.92. The van der Waals surface area contributed by atoms with Gasteiger partial charge in [-0.25, -0.2) is 0 Å². The van der Waals surface area contributed by atoms with Crippen LogP contribution in [0.25, 0.3) is 0 Å². The molecule has 0 N–H and O–H groups in total. The predicted octanol–water partition coefficient (Wildman–Crippen LogP) is 1.06. The maximum atomic E-state index is 11.4. The van der Waals surface area contributed by atoms with Crippen molar-refractivity contribution in [1.29, 1.82) is 5.26 Å². The van der Waals surface area contributed by atoms with E-state index in [0.717, 1.165) is 10.5 Å². The Bertz CT molecular complexity index is 456. The molecule has 1 aromatic rings. The van der Waals surface area contributed by atoms with Crippen LogP contribution in [0.2, 0.25) is 0 Å². The van der Waals surface area contributed by atoms with Gasteiger partial charge in [-0.3, -0.25) is 9.05 Å². The summed E-state index contributed by atoms with van der Waals surface area (Å²) in [5.74, 6) is 0. The lowest BCUT2D eigenvalue weighted by Crippen LogP contribution is -2.05. The molecule has 5 heteroatoms. The van der Waals surface area contributed by atoms with Crippen LogP contribution in [-0.2, 0) is 22.2 Å². The Labute approximate surface area is 96.8 Å². The van der Waals surface area contributed by atoms with Crippen molar-refractivity contribution in [2.75, 3.05) is 12.8 Å². The van der Waals surface area contributed by atoms with E-state index in [4.69, 9.17) is 10.1 Å². The van der Waals surface area contributed by atoms with Crippen molar-refractivity contribution < 1.29 is 9.05 Å². The summed E-state index contributed by atoms with van der Waals surface area (Å²) in [6, 6.07) is 9.46. The van der Waals surface area contributed by atoms with Crippen LogP contribution in [0.4, 0.5) is 0 Å². The zero-order valence-corrected chi connectivity index (χ0v) is 9.74. The number of nitrogens with zero attached hydrogens (tertiary/aromatic N) is 2. The molecule has 0 aromatic heterocycles. The molecule has 1 heterocycles. The van der Waals surface area contributed by atoms with Gasteiger partial charge in [0.25, 0.3) is 0 Å². The molecule has 84 valence electrons. The fraction of sp³-hybridized carbons (Fsp3) is 0.364. The molecule has 0 saturated carbocycles. The van der Waals surface area contributed by atoms with Crippen molar-refractivity contribution in [3.8, 4) is 6.07 Å². The molecule has 4 nitrogen and oxygen atoms in total. The molecule has 0 spiro atoms. The van der Waals surface area contributed by atoms with Crippen molar-refractivity contribution in [2.24, 2.45) is 0 Å². The Morgan fingerprint density at radius 1 is 1.62 bits per heavy atom. The highest BCUT2D eigenvalue weighted by Gasteiger charge is 2.35. The van der Waals surface area contributed by atoms with Gasteiger partial charge in [0.2, 0.25) is 0 Å². The molecule has 0 radical (unpaired) electrons. The summed E-state index contributed by atoms with van der Waals surface area (Å²) < 4.78 is 11.4. The van der Waals surface area contributed by atoms with Crippen LogP contribution >= 0.6 is 0 Å². The molecule has 1 aliphatic heterocycles. The maximum Gasteiger partial charge on any atom is 0.137 e. The van der Waals surface area contributed by atoms with E-state index in [0.29, 0.717) is 13.2 Å². The number of hydrogen-bond donors (Lipinski definition) is 0. The van der Waals surface area contributed by atoms with Gasteiger partial charge in [0, 0.05) is 11.2 Å². The quantitative estimate of drug-likeness (QED) is 0.734. The molecule has 0 amide bonds. The van der Waals surface area contributed by atoms with Crippen LogP contribution in [0.1, 0.15) is 5.56 Å². The summed E-state index contributed by atoms with van der Waals surface area (Å²) in [5.41, 5.74) is 0.909. The molecule has 1 aliphatic rings. The molecule has 16 heavy (non-hydrogen) atoms. The Kier molecular flexibility index (Phi) is 3.34. The van der Waals surface area contributed by atoms with Crippen LogP contribution in [0, 0.1) is 11.3 Å². The van der Waals surface area contributed by atoms with Gasteiger partial charge in [0.15, 0.2) is 0 Å². The largest absolute Gasteiger partial charge is 0.293 e. The fourth-order valence-electron chi connectivity index (χ4n) is 1.43. The number of hydroxylamine groups is 2. The van der Waals surface area contributed by atoms with Gasteiger partial charge in [0.1, 0.15) is 6.04 Å². The number of benzene rings is 1. The summed E-state index contributed by atoms with van der Waals surface area (Å²) in [6.45, 7) is 1.03. The first-order chi connectivity index (χ1) is 7.72. The number of rotatable bonds is 4. The Balaban J connectivity index is 1.99. The minimum atomic E-state index is -1.01. The molecule has 3 atom stereocenters. The third kappa shape index (κ3) is 2.47. The smallest absolute Gasteiger partial charge is 0.137 e. The molecule has 0 bridgehead atoms. The van der Waals surface area contributed by atoms with E-state index in [1.165, 1.54) is 0 Å². The molecule has 1 fully saturated rings. The highest BCUT2D eigenvalue weighted by atomic mass is 32.2. The van der Waals surface area contributed by atoms with Crippen molar-refractivity contribution in [2.45, 2.75) is 17.5 Å². The van der Waals surface area contributed by atoms with Crippen LogP contribution in [0.5, 0.6) is 0 Å². The molecular weight excluding hydrogens is 224 g/mol. The van der Waals surface area contributed by atoms with E-state index in [1.807, 2.05) is 24.3 Å². The molecule has 1 saturated heterocycles. The SMILES string of the molecule is CS(=O)c1ccccc1CON1CC1C#N. The molecule has 2 rings (SSSR count). The zero-order chi connectivity index (χ0) is 11.5. The van der Waals surface area contributed by atoms with E-state index in [1.54, 1.807) is 11.3 Å². The van der Waals surface area contributed by atoms with Crippen molar-refractivity contribution in [3.63, 3.8) is 0 Å². The third-order valence-electron chi connectivity index (χ3n) is 2.38.